The highest BCUT2D eigenvalue weighted by atomic mass is 16.5. The first kappa shape index (κ1) is 9.93. The van der Waals surface area contributed by atoms with E-state index in [1.807, 2.05) is 32.0 Å². The van der Waals surface area contributed by atoms with Crippen LogP contribution < -0.4 is 0 Å². The Hall–Kier alpha value is -1.61. The van der Waals surface area contributed by atoms with Gasteiger partial charge < -0.3 is 9.63 Å². The molecule has 0 saturated carbocycles. The van der Waals surface area contributed by atoms with Gasteiger partial charge in [-0.1, -0.05) is 22.9 Å². The Morgan fingerprint density at radius 3 is 2.87 bits per heavy atom. The predicted octanol–water partition coefficient (Wildman–Crippen LogP) is 2.45. The molecule has 3 heteroatoms. The molecule has 1 aromatic heterocycles. The summed E-state index contributed by atoms with van der Waals surface area (Å²) in [6.07, 6.45) is 1.55. The zero-order valence-corrected chi connectivity index (χ0v) is 8.82. The van der Waals surface area contributed by atoms with Crippen molar-refractivity contribution in [3.63, 3.8) is 0 Å². The molecule has 0 atom stereocenters. The van der Waals surface area contributed by atoms with Crippen LogP contribution in [0, 0.1) is 13.8 Å². The topological polar surface area (TPSA) is 46.3 Å². The van der Waals surface area contributed by atoms with E-state index in [1.54, 1.807) is 6.20 Å². The second kappa shape index (κ2) is 3.87. The number of aliphatic hydroxyl groups excluding tert-OH is 1. The van der Waals surface area contributed by atoms with Crippen molar-refractivity contribution in [2.24, 2.45) is 0 Å². The van der Waals surface area contributed by atoms with Crippen LogP contribution in [0.25, 0.3) is 11.3 Å². The van der Waals surface area contributed by atoms with Gasteiger partial charge in [-0.3, -0.25) is 0 Å². The Balaban J connectivity index is 2.58. The molecular weight excluding hydrogens is 190 g/mol. The molecule has 0 aliphatic rings. The first-order chi connectivity index (χ1) is 7.22. The van der Waals surface area contributed by atoms with Gasteiger partial charge >= 0.3 is 0 Å². The molecule has 0 aliphatic carbocycles. The maximum Gasteiger partial charge on any atom is 0.172 e. The van der Waals surface area contributed by atoms with Gasteiger partial charge in [0.25, 0.3) is 0 Å². The molecule has 0 fully saturated rings. The molecule has 15 heavy (non-hydrogen) atoms. The second-order valence-electron chi connectivity index (χ2n) is 3.66. The number of hydrogen-bond acceptors (Lipinski definition) is 3. The van der Waals surface area contributed by atoms with Crippen LogP contribution in [0.15, 0.2) is 28.9 Å². The van der Waals surface area contributed by atoms with E-state index >= 15 is 0 Å². The highest BCUT2D eigenvalue weighted by molar-refractivity contribution is 5.65. The van der Waals surface area contributed by atoms with Gasteiger partial charge in [0.05, 0.1) is 12.8 Å². The van der Waals surface area contributed by atoms with Crippen LogP contribution in [0.4, 0.5) is 0 Å². The number of benzene rings is 1. The number of nitrogens with zero attached hydrogens (tertiary/aromatic N) is 1. The van der Waals surface area contributed by atoms with Gasteiger partial charge in [0.2, 0.25) is 0 Å². The Kier molecular flexibility index (Phi) is 2.56. The average molecular weight is 203 g/mol. The molecule has 0 bridgehead atoms. The SMILES string of the molecule is Cc1ccc(C)c(-c2oncc2CO)c1. The van der Waals surface area contributed by atoms with E-state index in [-0.39, 0.29) is 6.61 Å². The number of aromatic nitrogens is 1. The van der Waals surface area contributed by atoms with Gasteiger partial charge in [-0.25, -0.2) is 0 Å². The predicted molar refractivity (Wildman–Crippen MR) is 57.3 cm³/mol. The lowest BCUT2D eigenvalue weighted by Gasteiger charge is -2.04. The zero-order valence-electron chi connectivity index (χ0n) is 8.82. The van der Waals surface area contributed by atoms with Crippen molar-refractivity contribution < 1.29 is 9.63 Å². The molecular formula is C12H13NO2. The Morgan fingerprint density at radius 2 is 2.13 bits per heavy atom. The molecule has 2 rings (SSSR count). The number of rotatable bonds is 2. The smallest absolute Gasteiger partial charge is 0.172 e. The highest BCUT2D eigenvalue weighted by Gasteiger charge is 2.12. The molecule has 78 valence electrons. The fourth-order valence-corrected chi connectivity index (χ4v) is 1.58. The van der Waals surface area contributed by atoms with E-state index in [0.717, 1.165) is 22.3 Å². The van der Waals surface area contributed by atoms with E-state index < -0.39 is 0 Å². The van der Waals surface area contributed by atoms with Crippen LogP contribution in [-0.2, 0) is 6.61 Å². The fourth-order valence-electron chi connectivity index (χ4n) is 1.58. The van der Waals surface area contributed by atoms with Crippen molar-refractivity contribution >= 4 is 0 Å². The first-order valence-corrected chi connectivity index (χ1v) is 4.84. The molecule has 0 amide bonds. The molecule has 3 nitrogen and oxygen atoms in total. The summed E-state index contributed by atoms with van der Waals surface area (Å²) in [7, 11) is 0. The summed E-state index contributed by atoms with van der Waals surface area (Å²) in [6, 6.07) is 6.12. The Morgan fingerprint density at radius 1 is 1.33 bits per heavy atom. The van der Waals surface area contributed by atoms with E-state index in [0.29, 0.717) is 5.76 Å². The lowest BCUT2D eigenvalue weighted by atomic mass is 10.0. The van der Waals surface area contributed by atoms with Gasteiger partial charge in [-0.05, 0) is 25.5 Å². The summed E-state index contributed by atoms with van der Waals surface area (Å²) >= 11 is 0. The van der Waals surface area contributed by atoms with Gasteiger partial charge in [0.1, 0.15) is 0 Å². The van der Waals surface area contributed by atoms with Crippen molar-refractivity contribution in [3.05, 3.63) is 41.1 Å². The second-order valence-corrected chi connectivity index (χ2v) is 3.66. The number of aliphatic hydroxyl groups is 1. The van der Waals surface area contributed by atoms with Gasteiger partial charge in [-0.15, -0.1) is 0 Å². The van der Waals surface area contributed by atoms with Crippen LogP contribution in [0.5, 0.6) is 0 Å². The number of hydrogen-bond donors (Lipinski definition) is 1. The Labute approximate surface area is 88.3 Å². The fraction of sp³-hybridized carbons (Fsp3) is 0.250. The Bertz CT molecular complexity index is 474. The minimum absolute atomic E-state index is 0.0494. The normalized spacial score (nSPS) is 10.6. The summed E-state index contributed by atoms with van der Waals surface area (Å²) in [5.41, 5.74) is 4.00. The summed E-state index contributed by atoms with van der Waals surface area (Å²) in [6.45, 7) is 3.99. The summed E-state index contributed by atoms with van der Waals surface area (Å²) in [4.78, 5) is 0. The molecule has 0 spiro atoms. The van der Waals surface area contributed by atoms with Crippen molar-refractivity contribution in [1.29, 1.82) is 0 Å². The van der Waals surface area contributed by atoms with E-state index in [1.165, 1.54) is 0 Å². The van der Waals surface area contributed by atoms with Crippen LogP contribution >= 0.6 is 0 Å². The minimum Gasteiger partial charge on any atom is -0.391 e. The van der Waals surface area contributed by atoms with Crippen LogP contribution in [-0.4, -0.2) is 10.3 Å². The quantitative estimate of drug-likeness (QED) is 0.815. The van der Waals surface area contributed by atoms with E-state index in [4.69, 9.17) is 9.63 Å². The lowest BCUT2D eigenvalue weighted by Crippen LogP contribution is -1.88. The van der Waals surface area contributed by atoms with Gasteiger partial charge in [0.15, 0.2) is 5.76 Å². The molecule has 2 aromatic rings. The third-order valence-corrected chi connectivity index (χ3v) is 2.45. The largest absolute Gasteiger partial charge is 0.391 e. The van der Waals surface area contributed by atoms with Crippen molar-refractivity contribution in [2.75, 3.05) is 0 Å². The van der Waals surface area contributed by atoms with Crippen molar-refractivity contribution in [3.8, 4) is 11.3 Å². The zero-order chi connectivity index (χ0) is 10.8. The monoisotopic (exact) mass is 203 g/mol. The average Bonchev–Trinajstić information content (AvgIpc) is 2.69. The molecule has 1 heterocycles. The minimum atomic E-state index is -0.0494. The first-order valence-electron chi connectivity index (χ1n) is 4.84. The molecule has 0 saturated heterocycles. The standard InChI is InChI=1S/C12H13NO2/c1-8-3-4-9(2)11(5-8)12-10(7-14)6-13-15-12/h3-6,14H,7H2,1-2H3. The molecule has 0 unspecified atom stereocenters. The summed E-state index contributed by atoms with van der Waals surface area (Å²) < 4.78 is 5.17. The maximum atomic E-state index is 9.13. The molecule has 1 aromatic carbocycles. The molecule has 1 N–H and O–H groups in total. The lowest BCUT2D eigenvalue weighted by molar-refractivity contribution is 0.281. The number of aryl methyl sites for hydroxylation is 2. The van der Waals surface area contributed by atoms with E-state index in [9.17, 15) is 0 Å². The third kappa shape index (κ3) is 1.78. The van der Waals surface area contributed by atoms with Gasteiger partial charge in [-0.2, -0.15) is 0 Å². The van der Waals surface area contributed by atoms with Crippen molar-refractivity contribution in [1.82, 2.24) is 5.16 Å². The summed E-state index contributed by atoms with van der Waals surface area (Å²) in [5.74, 6) is 0.665. The maximum absolute atomic E-state index is 9.13. The third-order valence-electron chi connectivity index (χ3n) is 2.45. The molecule has 0 radical (unpaired) electrons. The van der Waals surface area contributed by atoms with Crippen LogP contribution in [0.2, 0.25) is 0 Å². The van der Waals surface area contributed by atoms with Gasteiger partial charge in [0, 0.05) is 11.1 Å². The highest BCUT2D eigenvalue weighted by Crippen LogP contribution is 2.27. The van der Waals surface area contributed by atoms with E-state index in [2.05, 4.69) is 5.16 Å². The van der Waals surface area contributed by atoms with Crippen LogP contribution in [0.3, 0.4) is 0 Å². The molecule has 0 aliphatic heterocycles. The van der Waals surface area contributed by atoms with Crippen LogP contribution in [0.1, 0.15) is 16.7 Å². The summed E-state index contributed by atoms with van der Waals surface area (Å²) in [5, 5.41) is 12.8. The van der Waals surface area contributed by atoms with Crippen molar-refractivity contribution in [2.45, 2.75) is 20.5 Å².